The first kappa shape index (κ1) is 13.0. The van der Waals surface area contributed by atoms with Gasteiger partial charge >= 0.3 is 11.9 Å². The number of rotatable bonds is 3. The molecule has 1 aliphatic rings. The first-order chi connectivity index (χ1) is 7.65. The molecule has 92 valence electrons. The Balaban J connectivity index is 2.25. The highest BCUT2D eigenvalue weighted by Crippen LogP contribution is 2.18. The van der Waals surface area contributed by atoms with Crippen molar-refractivity contribution in [2.24, 2.45) is 5.92 Å². The molecule has 1 heterocycles. The number of likely N-dealkylation sites (N-methyl/N-ethyl adjacent to an activating group) is 1. The van der Waals surface area contributed by atoms with E-state index in [0.29, 0.717) is 12.5 Å². The summed E-state index contributed by atoms with van der Waals surface area (Å²) in [6.07, 6.45) is 3.00. The van der Waals surface area contributed by atoms with Gasteiger partial charge in [0.1, 0.15) is 0 Å². The van der Waals surface area contributed by atoms with Gasteiger partial charge in [-0.3, -0.25) is 4.79 Å². The molecule has 0 unspecified atom stereocenters. The summed E-state index contributed by atoms with van der Waals surface area (Å²) in [6, 6.07) is 0. The van der Waals surface area contributed by atoms with Crippen LogP contribution in [0.5, 0.6) is 0 Å². The largest absolute Gasteiger partial charge is 0.462 e. The van der Waals surface area contributed by atoms with E-state index in [4.69, 9.17) is 4.74 Å². The summed E-state index contributed by atoms with van der Waals surface area (Å²) in [4.78, 5) is 23.8. The van der Waals surface area contributed by atoms with Crippen LogP contribution in [0.15, 0.2) is 0 Å². The second kappa shape index (κ2) is 6.48. The van der Waals surface area contributed by atoms with Gasteiger partial charge in [0.05, 0.1) is 7.11 Å². The highest BCUT2D eigenvalue weighted by atomic mass is 16.5. The molecule has 0 saturated carbocycles. The smallest absolute Gasteiger partial charge is 0.396 e. The predicted molar refractivity (Wildman–Crippen MR) is 57.8 cm³/mol. The van der Waals surface area contributed by atoms with E-state index in [-0.39, 0.29) is 0 Å². The maximum absolute atomic E-state index is 11.4. The van der Waals surface area contributed by atoms with Gasteiger partial charge in [-0.05, 0) is 25.2 Å². The van der Waals surface area contributed by atoms with E-state index in [1.54, 1.807) is 7.05 Å². The van der Waals surface area contributed by atoms with Crippen molar-refractivity contribution in [1.29, 1.82) is 0 Å². The Morgan fingerprint density at radius 1 is 1.38 bits per heavy atom. The quantitative estimate of drug-likeness (QED) is 0.520. The van der Waals surface area contributed by atoms with Crippen LogP contribution in [0.1, 0.15) is 19.3 Å². The highest BCUT2D eigenvalue weighted by molar-refractivity contribution is 6.32. The molecule has 0 bridgehead atoms. The summed E-state index contributed by atoms with van der Waals surface area (Å²) in [6.45, 7) is 2.21. The van der Waals surface area contributed by atoms with E-state index in [2.05, 4.69) is 4.74 Å². The van der Waals surface area contributed by atoms with Crippen molar-refractivity contribution in [3.05, 3.63) is 0 Å². The molecule has 0 aliphatic carbocycles. The third-order valence-electron chi connectivity index (χ3n) is 2.92. The van der Waals surface area contributed by atoms with E-state index in [1.165, 1.54) is 12.0 Å². The third kappa shape index (κ3) is 3.81. The van der Waals surface area contributed by atoms with Gasteiger partial charge in [-0.1, -0.05) is 0 Å². The van der Waals surface area contributed by atoms with Crippen molar-refractivity contribution in [3.8, 4) is 0 Å². The standard InChI is InChI=1S/C11H19NO4/c1-12(10(13)11(14)15-2)6-3-9-4-7-16-8-5-9/h9H,3-8H2,1-2H3. The van der Waals surface area contributed by atoms with Gasteiger partial charge < -0.3 is 14.4 Å². The van der Waals surface area contributed by atoms with Crippen LogP contribution in [0, 0.1) is 5.92 Å². The maximum atomic E-state index is 11.4. The fourth-order valence-corrected chi connectivity index (χ4v) is 1.76. The molecular formula is C11H19NO4. The molecule has 0 N–H and O–H groups in total. The number of esters is 1. The van der Waals surface area contributed by atoms with Crippen molar-refractivity contribution in [3.63, 3.8) is 0 Å². The van der Waals surface area contributed by atoms with E-state index < -0.39 is 11.9 Å². The van der Waals surface area contributed by atoms with Crippen LogP contribution >= 0.6 is 0 Å². The van der Waals surface area contributed by atoms with Crippen molar-refractivity contribution in [2.45, 2.75) is 19.3 Å². The van der Waals surface area contributed by atoms with Gasteiger partial charge in [0.25, 0.3) is 0 Å². The monoisotopic (exact) mass is 229 g/mol. The van der Waals surface area contributed by atoms with Gasteiger partial charge in [0.2, 0.25) is 0 Å². The minimum Gasteiger partial charge on any atom is -0.462 e. The summed E-state index contributed by atoms with van der Waals surface area (Å²) >= 11 is 0. The molecule has 1 aliphatic heterocycles. The second-order valence-corrected chi connectivity index (χ2v) is 4.06. The van der Waals surface area contributed by atoms with E-state index in [1.807, 2.05) is 0 Å². The van der Waals surface area contributed by atoms with Crippen LogP contribution in [-0.2, 0) is 19.1 Å². The third-order valence-corrected chi connectivity index (χ3v) is 2.92. The lowest BCUT2D eigenvalue weighted by molar-refractivity contribution is -0.157. The van der Waals surface area contributed by atoms with E-state index in [9.17, 15) is 9.59 Å². The number of methoxy groups -OCH3 is 1. The Morgan fingerprint density at radius 3 is 2.56 bits per heavy atom. The molecule has 5 heteroatoms. The Morgan fingerprint density at radius 2 is 2.00 bits per heavy atom. The first-order valence-corrected chi connectivity index (χ1v) is 5.56. The topological polar surface area (TPSA) is 55.8 Å². The molecule has 5 nitrogen and oxygen atoms in total. The summed E-state index contributed by atoms with van der Waals surface area (Å²) < 4.78 is 9.63. The molecule has 0 atom stereocenters. The molecule has 1 rings (SSSR count). The highest BCUT2D eigenvalue weighted by Gasteiger charge is 2.20. The normalized spacial score (nSPS) is 16.9. The minimum atomic E-state index is -0.797. The summed E-state index contributed by atoms with van der Waals surface area (Å²) in [7, 11) is 2.84. The maximum Gasteiger partial charge on any atom is 0.396 e. The van der Waals surface area contributed by atoms with Gasteiger partial charge in [0, 0.05) is 26.8 Å². The van der Waals surface area contributed by atoms with Crippen molar-refractivity contribution >= 4 is 11.9 Å². The lowest BCUT2D eigenvalue weighted by Crippen LogP contribution is -2.35. The fourth-order valence-electron chi connectivity index (χ4n) is 1.76. The van der Waals surface area contributed by atoms with Crippen molar-refractivity contribution < 1.29 is 19.1 Å². The number of amides is 1. The molecule has 16 heavy (non-hydrogen) atoms. The molecule has 0 aromatic carbocycles. The number of carbonyl (C=O) groups excluding carboxylic acids is 2. The zero-order chi connectivity index (χ0) is 12.0. The average Bonchev–Trinajstić information content (AvgIpc) is 2.35. The Hall–Kier alpha value is -1.10. The average molecular weight is 229 g/mol. The minimum absolute atomic E-state index is 0.574. The summed E-state index contributed by atoms with van der Waals surface area (Å²) in [5.74, 6) is -0.773. The zero-order valence-electron chi connectivity index (χ0n) is 9.90. The van der Waals surface area contributed by atoms with Crippen LogP contribution in [0.4, 0.5) is 0 Å². The van der Waals surface area contributed by atoms with Crippen molar-refractivity contribution in [1.82, 2.24) is 4.90 Å². The van der Waals surface area contributed by atoms with Crippen LogP contribution in [0.2, 0.25) is 0 Å². The Bertz CT molecular complexity index is 248. The Kier molecular flexibility index (Phi) is 5.25. The predicted octanol–water partition coefficient (Wildman–Crippen LogP) is 0.434. The van der Waals surface area contributed by atoms with Gasteiger partial charge in [0.15, 0.2) is 0 Å². The molecule has 0 aromatic heterocycles. The summed E-state index contributed by atoms with van der Waals surface area (Å²) in [5.41, 5.74) is 0. The van der Waals surface area contributed by atoms with E-state index in [0.717, 1.165) is 32.5 Å². The van der Waals surface area contributed by atoms with Crippen LogP contribution in [-0.4, -0.2) is 50.7 Å². The number of nitrogens with zero attached hydrogens (tertiary/aromatic N) is 1. The number of carbonyl (C=O) groups is 2. The number of ether oxygens (including phenoxy) is 2. The van der Waals surface area contributed by atoms with Gasteiger partial charge in [-0.15, -0.1) is 0 Å². The van der Waals surface area contributed by atoms with E-state index >= 15 is 0 Å². The zero-order valence-corrected chi connectivity index (χ0v) is 9.90. The first-order valence-electron chi connectivity index (χ1n) is 5.56. The van der Waals surface area contributed by atoms with Crippen LogP contribution < -0.4 is 0 Å². The molecule has 1 amide bonds. The molecule has 0 spiro atoms. The second-order valence-electron chi connectivity index (χ2n) is 4.06. The summed E-state index contributed by atoms with van der Waals surface area (Å²) in [5, 5.41) is 0. The molecule has 0 radical (unpaired) electrons. The van der Waals surface area contributed by atoms with Crippen LogP contribution in [0.3, 0.4) is 0 Å². The number of hydrogen-bond acceptors (Lipinski definition) is 4. The van der Waals surface area contributed by atoms with Crippen LogP contribution in [0.25, 0.3) is 0 Å². The lowest BCUT2D eigenvalue weighted by Gasteiger charge is -2.24. The lowest BCUT2D eigenvalue weighted by atomic mass is 9.96. The van der Waals surface area contributed by atoms with Crippen molar-refractivity contribution in [2.75, 3.05) is 33.9 Å². The molecular weight excluding hydrogens is 210 g/mol. The number of hydrogen-bond donors (Lipinski definition) is 0. The molecule has 1 saturated heterocycles. The van der Waals surface area contributed by atoms with Gasteiger partial charge in [-0.2, -0.15) is 0 Å². The molecule has 1 fully saturated rings. The Labute approximate surface area is 95.7 Å². The SMILES string of the molecule is COC(=O)C(=O)N(C)CCC1CCOCC1. The van der Waals surface area contributed by atoms with Gasteiger partial charge in [-0.25, -0.2) is 4.79 Å². The molecule has 0 aromatic rings. The fraction of sp³-hybridized carbons (Fsp3) is 0.818.